The summed E-state index contributed by atoms with van der Waals surface area (Å²) in [6.45, 7) is 0. The van der Waals surface area contributed by atoms with Crippen molar-refractivity contribution in [1.29, 1.82) is 0 Å². The van der Waals surface area contributed by atoms with Gasteiger partial charge in [0.15, 0.2) is 5.58 Å². The van der Waals surface area contributed by atoms with Crippen LogP contribution in [0.1, 0.15) is 27.1 Å². The number of carboxylic acid groups (broad SMARTS) is 1. The monoisotopic (exact) mass is 297 g/mol. The third-order valence-corrected chi connectivity index (χ3v) is 4.88. The quantitative estimate of drug-likeness (QED) is 0.776. The first kappa shape index (κ1) is 12.5. The summed E-state index contributed by atoms with van der Waals surface area (Å²) in [7, 11) is 0. The average molecular weight is 297 g/mol. The minimum atomic E-state index is -0.955. The molecule has 0 saturated carbocycles. The second-order valence-electron chi connectivity index (χ2n) is 4.96. The van der Waals surface area contributed by atoms with Gasteiger partial charge in [-0.15, -0.1) is 11.8 Å². The van der Waals surface area contributed by atoms with Gasteiger partial charge < -0.3 is 9.52 Å². The van der Waals surface area contributed by atoms with E-state index in [1.54, 1.807) is 23.9 Å². The Balaban J connectivity index is 1.71. The van der Waals surface area contributed by atoms with E-state index in [1.165, 1.54) is 16.5 Å². The number of thioether (sulfide) groups is 1. The maximum atomic E-state index is 11.0. The Labute approximate surface area is 124 Å². The molecule has 0 saturated heterocycles. The molecule has 1 aliphatic rings. The molecule has 2 heterocycles. The molecule has 0 fully saturated rings. The van der Waals surface area contributed by atoms with Gasteiger partial charge in [0.1, 0.15) is 5.52 Å². The molecule has 0 bridgehead atoms. The first-order valence-electron chi connectivity index (χ1n) is 6.59. The van der Waals surface area contributed by atoms with Gasteiger partial charge in [0, 0.05) is 4.90 Å². The third kappa shape index (κ3) is 2.10. The molecule has 4 nitrogen and oxygen atoms in total. The molecule has 1 atom stereocenters. The zero-order valence-electron chi connectivity index (χ0n) is 10.9. The van der Waals surface area contributed by atoms with Crippen molar-refractivity contribution in [2.75, 3.05) is 0 Å². The van der Waals surface area contributed by atoms with Crippen molar-refractivity contribution in [3.8, 4) is 0 Å². The fourth-order valence-corrected chi connectivity index (χ4v) is 3.77. The Kier molecular flexibility index (Phi) is 2.75. The van der Waals surface area contributed by atoms with E-state index in [0.717, 1.165) is 6.42 Å². The summed E-state index contributed by atoms with van der Waals surface area (Å²) in [6, 6.07) is 13.0. The summed E-state index contributed by atoms with van der Waals surface area (Å²) in [5.41, 5.74) is 2.76. The van der Waals surface area contributed by atoms with Crippen LogP contribution in [0.3, 0.4) is 0 Å². The Hall–Kier alpha value is -2.27. The zero-order chi connectivity index (χ0) is 14.4. The summed E-state index contributed by atoms with van der Waals surface area (Å²) < 4.78 is 5.79. The van der Waals surface area contributed by atoms with Gasteiger partial charge in [-0.1, -0.05) is 18.2 Å². The number of hydrogen-bond donors (Lipinski definition) is 1. The molecule has 104 valence electrons. The molecule has 1 N–H and O–H groups in total. The van der Waals surface area contributed by atoms with E-state index < -0.39 is 5.97 Å². The van der Waals surface area contributed by atoms with Crippen molar-refractivity contribution in [3.05, 3.63) is 59.5 Å². The van der Waals surface area contributed by atoms with Gasteiger partial charge in [0.05, 0.1) is 10.8 Å². The molecule has 3 aromatic rings. The molecule has 0 aliphatic carbocycles. The summed E-state index contributed by atoms with van der Waals surface area (Å²) in [5, 5.41) is 9.17. The molecule has 5 heteroatoms. The van der Waals surface area contributed by atoms with Gasteiger partial charge in [-0.25, -0.2) is 9.78 Å². The largest absolute Gasteiger partial charge is 0.478 e. The molecule has 2 aromatic carbocycles. The number of aromatic nitrogens is 1. The standard InChI is InChI=1S/C16H11NO3S/c18-16(19)10-5-6-12-11(7-10)17-15(20-12)14-8-9-3-1-2-4-13(9)21-14/h1-7,14H,8H2,(H,18,19). The summed E-state index contributed by atoms with van der Waals surface area (Å²) >= 11 is 1.74. The molecule has 0 radical (unpaired) electrons. The number of carboxylic acids is 1. The van der Waals surface area contributed by atoms with Gasteiger partial charge in [-0.3, -0.25) is 0 Å². The van der Waals surface area contributed by atoms with Crippen molar-refractivity contribution < 1.29 is 14.3 Å². The highest BCUT2D eigenvalue weighted by Crippen LogP contribution is 2.46. The first-order valence-corrected chi connectivity index (χ1v) is 7.47. The van der Waals surface area contributed by atoms with Crippen LogP contribution < -0.4 is 0 Å². The van der Waals surface area contributed by atoms with Gasteiger partial charge in [0.2, 0.25) is 5.89 Å². The molecule has 4 rings (SSSR count). The lowest BCUT2D eigenvalue weighted by Gasteiger charge is -2.00. The minimum absolute atomic E-state index is 0.156. The summed E-state index contributed by atoms with van der Waals surface area (Å²) in [6.07, 6.45) is 0.888. The maximum Gasteiger partial charge on any atom is 0.335 e. The molecular weight excluding hydrogens is 286 g/mol. The molecule has 1 unspecified atom stereocenters. The Morgan fingerprint density at radius 2 is 2.14 bits per heavy atom. The maximum absolute atomic E-state index is 11.0. The van der Waals surface area contributed by atoms with Crippen LogP contribution in [0, 0.1) is 0 Å². The van der Waals surface area contributed by atoms with Crippen molar-refractivity contribution in [3.63, 3.8) is 0 Å². The molecule has 21 heavy (non-hydrogen) atoms. The first-order chi connectivity index (χ1) is 10.2. The molecule has 0 spiro atoms. The Bertz CT molecular complexity index is 831. The van der Waals surface area contributed by atoms with Crippen LogP contribution in [0.25, 0.3) is 11.1 Å². The van der Waals surface area contributed by atoms with Crippen LogP contribution in [-0.2, 0) is 6.42 Å². The number of benzene rings is 2. The van der Waals surface area contributed by atoms with E-state index in [-0.39, 0.29) is 10.8 Å². The lowest BCUT2D eigenvalue weighted by molar-refractivity contribution is 0.0697. The number of oxazole rings is 1. The normalized spacial score (nSPS) is 17.0. The van der Waals surface area contributed by atoms with Crippen molar-refractivity contribution in [2.45, 2.75) is 16.6 Å². The van der Waals surface area contributed by atoms with Gasteiger partial charge in [0.25, 0.3) is 0 Å². The fourth-order valence-electron chi connectivity index (χ4n) is 2.54. The van der Waals surface area contributed by atoms with Crippen molar-refractivity contribution in [2.24, 2.45) is 0 Å². The van der Waals surface area contributed by atoms with E-state index in [2.05, 4.69) is 17.1 Å². The highest BCUT2D eigenvalue weighted by molar-refractivity contribution is 7.99. The number of carbonyl (C=O) groups is 1. The minimum Gasteiger partial charge on any atom is -0.478 e. The predicted octanol–water partition coefficient (Wildman–Crippen LogP) is 3.92. The van der Waals surface area contributed by atoms with Crippen LogP contribution in [0.4, 0.5) is 0 Å². The molecule has 1 aromatic heterocycles. The number of fused-ring (bicyclic) bond motifs is 2. The van der Waals surface area contributed by atoms with E-state index in [0.29, 0.717) is 17.0 Å². The molecule has 1 aliphatic heterocycles. The van der Waals surface area contributed by atoms with Gasteiger partial charge >= 0.3 is 5.97 Å². The van der Waals surface area contributed by atoms with Crippen molar-refractivity contribution in [1.82, 2.24) is 4.98 Å². The van der Waals surface area contributed by atoms with E-state index >= 15 is 0 Å². The van der Waals surface area contributed by atoms with E-state index in [1.807, 2.05) is 12.1 Å². The van der Waals surface area contributed by atoms with E-state index in [4.69, 9.17) is 9.52 Å². The predicted molar refractivity (Wildman–Crippen MR) is 79.7 cm³/mol. The average Bonchev–Trinajstić information content (AvgIpc) is 3.09. The fraction of sp³-hybridized carbons (Fsp3) is 0.125. The SMILES string of the molecule is O=C(O)c1ccc2oc(C3Cc4ccccc4S3)nc2c1. The Morgan fingerprint density at radius 3 is 2.95 bits per heavy atom. The highest BCUT2D eigenvalue weighted by atomic mass is 32.2. The van der Waals surface area contributed by atoms with Crippen LogP contribution in [0.2, 0.25) is 0 Å². The van der Waals surface area contributed by atoms with E-state index in [9.17, 15) is 4.79 Å². The highest BCUT2D eigenvalue weighted by Gasteiger charge is 2.27. The third-order valence-electron chi connectivity index (χ3n) is 3.57. The number of hydrogen-bond acceptors (Lipinski definition) is 4. The number of rotatable bonds is 2. The lowest BCUT2D eigenvalue weighted by atomic mass is 10.1. The molecular formula is C16H11NO3S. The van der Waals surface area contributed by atoms with Crippen LogP contribution >= 0.6 is 11.8 Å². The van der Waals surface area contributed by atoms with Crippen LogP contribution in [-0.4, -0.2) is 16.1 Å². The summed E-state index contributed by atoms with van der Waals surface area (Å²) in [5.74, 6) is -0.294. The van der Waals surface area contributed by atoms with Crippen molar-refractivity contribution >= 4 is 28.8 Å². The number of aromatic carboxylic acids is 1. The molecule has 0 amide bonds. The topological polar surface area (TPSA) is 63.3 Å². The van der Waals surface area contributed by atoms with Gasteiger partial charge in [-0.05, 0) is 36.2 Å². The number of nitrogens with zero attached hydrogens (tertiary/aromatic N) is 1. The van der Waals surface area contributed by atoms with Gasteiger partial charge in [-0.2, -0.15) is 0 Å². The summed E-state index contributed by atoms with van der Waals surface area (Å²) in [4.78, 5) is 16.7. The zero-order valence-corrected chi connectivity index (χ0v) is 11.8. The lowest BCUT2D eigenvalue weighted by Crippen LogP contribution is -1.95. The second-order valence-corrected chi connectivity index (χ2v) is 6.20. The smallest absolute Gasteiger partial charge is 0.335 e. The van der Waals surface area contributed by atoms with Crippen LogP contribution in [0.5, 0.6) is 0 Å². The van der Waals surface area contributed by atoms with Crippen LogP contribution in [0.15, 0.2) is 51.8 Å². The second kappa shape index (κ2) is 4.63. The Morgan fingerprint density at radius 1 is 1.29 bits per heavy atom.